The smallest absolute Gasteiger partial charge is 0.268 e. The van der Waals surface area contributed by atoms with E-state index in [9.17, 15) is 9.59 Å². The molecule has 3 rings (SSSR count). The van der Waals surface area contributed by atoms with Crippen molar-refractivity contribution in [2.45, 2.75) is 32.1 Å². The highest BCUT2D eigenvalue weighted by molar-refractivity contribution is 7.20. The number of carbonyl (C=O) groups excluding carboxylic acids is 2. The largest absolute Gasteiger partial charge is 0.313 e. The molecule has 1 aliphatic carbocycles. The van der Waals surface area contributed by atoms with E-state index in [0.717, 1.165) is 49.0 Å². The number of nitrogens with zero attached hydrogens (tertiary/aromatic N) is 1. The van der Waals surface area contributed by atoms with Crippen LogP contribution in [0, 0.1) is 0 Å². The summed E-state index contributed by atoms with van der Waals surface area (Å²) in [5.74, 6) is -0.562. The van der Waals surface area contributed by atoms with Gasteiger partial charge in [0.1, 0.15) is 9.34 Å². The Labute approximate surface area is 170 Å². The van der Waals surface area contributed by atoms with E-state index in [1.54, 1.807) is 25.2 Å². The zero-order valence-corrected chi connectivity index (χ0v) is 17.6. The summed E-state index contributed by atoms with van der Waals surface area (Å²) >= 11 is 14.7. The summed E-state index contributed by atoms with van der Waals surface area (Å²) < 4.78 is 0.789. The van der Waals surface area contributed by atoms with Gasteiger partial charge in [-0.2, -0.15) is 0 Å². The maximum absolute atomic E-state index is 12.8. The minimum absolute atomic E-state index is 0.209. The van der Waals surface area contributed by atoms with Crippen LogP contribution in [0.4, 0.5) is 5.00 Å². The molecule has 1 aliphatic rings. The molecule has 0 radical (unpaired) electrons. The number of fused-ring (bicyclic) bond motifs is 1. The van der Waals surface area contributed by atoms with Crippen molar-refractivity contribution in [3.05, 3.63) is 36.3 Å². The zero-order chi connectivity index (χ0) is 18.8. The number of hydrogen-bond acceptors (Lipinski definition) is 5. The highest BCUT2D eigenvalue weighted by atomic mass is 35.5. The van der Waals surface area contributed by atoms with Crippen molar-refractivity contribution in [2.24, 2.45) is 0 Å². The molecule has 9 heteroatoms. The quantitative estimate of drug-likeness (QED) is 0.537. The first-order chi connectivity index (χ1) is 12.4. The van der Waals surface area contributed by atoms with Crippen LogP contribution < -0.4 is 10.7 Å². The lowest BCUT2D eigenvalue weighted by molar-refractivity contribution is 0.0857. The van der Waals surface area contributed by atoms with Crippen molar-refractivity contribution < 1.29 is 9.59 Å². The summed E-state index contributed by atoms with van der Waals surface area (Å²) in [6.07, 6.45) is 5.08. The molecule has 140 valence electrons. The van der Waals surface area contributed by atoms with Crippen LogP contribution in [-0.4, -0.2) is 30.9 Å². The van der Waals surface area contributed by atoms with Crippen LogP contribution in [0.25, 0.3) is 0 Å². The lowest BCUT2D eigenvalue weighted by Crippen LogP contribution is -2.36. The van der Waals surface area contributed by atoms with Crippen molar-refractivity contribution in [1.82, 2.24) is 10.4 Å². The van der Waals surface area contributed by atoms with Gasteiger partial charge in [0.25, 0.3) is 11.8 Å². The Bertz CT molecular complexity index is 845. The molecule has 2 heterocycles. The molecule has 2 N–H and O–H groups in total. The molecule has 0 unspecified atom stereocenters. The van der Waals surface area contributed by atoms with Gasteiger partial charge < -0.3 is 5.32 Å². The van der Waals surface area contributed by atoms with Crippen LogP contribution in [0.15, 0.2) is 6.07 Å². The summed E-state index contributed by atoms with van der Waals surface area (Å²) in [7, 11) is 3.52. The Morgan fingerprint density at radius 3 is 2.46 bits per heavy atom. The number of hydrazine groups is 1. The number of amides is 2. The van der Waals surface area contributed by atoms with Gasteiger partial charge in [0, 0.05) is 19.0 Å². The fourth-order valence-corrected chi connectivity index (χ4v) is 5.74. The Balaban J connectivity index is 1.96. The molecule has 2 amide bonds. The first-order valence-corrected chi connectivity index (χ1v) is 10.6. The van der Waals surface area contributed by atoms with Gasteiger partial charge in [0.15, 0.2) is 0 Å². The molecule has 26 heavy (non-hydrogen) atoms. The lowest BCUT2D eigenvalue weighted by atomic mass is 10.0. The van der Waals surface area contributed by atoms with Gasteiger partial charge in [-0.1, -0.05) is 29.6 Å². The van der Waals surface area contributed by atoms with Crippen LogP contribution in [0.3, 0.4) is 0 Å². The standard InChI is InChI=1S/C17H19Cl2N3O2S2/c1-22(2)21-16(24)13-9-6-4-3-5-7-11(9)25-17(13)20-15(23)10-8-12(18)26-14(10)19/h8H,3-7H2,1-2H3,(H,20,23)(H,21,24). The number of carbonyl (C=O) groups is 2. The monoisotopic (exact) mass is 431 g/mol. The van der Waals surface area contributed by atoms with Crippen molar-refractivity contribution in [3.63, 3.8) is 0 Å². The number of rotatable bonds is 4. The molecule has 0 bridgehead atoms. The zero-order valence-electron chi connectivity index (χ0n) is 14.4. The van der Waals surface area contributed by atoms with E-state index in [1.807, 2.05) is 0 Å². The molecule has 0 atom stereocenters. The molecule has 2 aromatic heterocycles. The molecular weight excluding hydrogens is 413 g/mol. The maximum Gasteiger partial charge on any atom is 0.268 e. The SMILES string of the molecule is CN(C)NC(=O)c1c(NC(=O)c2cc(Cl)sc2Cl)sc2c1CCCCC2. The van der Waals surface area contributed by atoms with Gasteiger partial charge in [-0.3, -0.25) is 15.0 Å². The molecule has 0 saturated heterocycles. The summed E-state index contributed by atoms with van der Waals surface area (Å²) in [6, 6.07) is 1.54. The third-order valence-electron chi connectivity index (χ3n) is 4.10. The fraction of sp³-hybridized carbons (Fsp3) is 0.412. The second-order valence-corrected chi connectivity index (χ2v) is 9.69. The molecule has 0 fully saturated rings. The highest BCUT2D eigenvalue weighted by Gasteiger charge is 2.27. The summed E-state index contributed by atoms with van der Waals surface area (Å²) in [4.78, 5) is 26.6. The van der Waals surface area contributed by atoms with Crippen LogP contribution in [0.2, 0.25) is 8.67 Å². The normalized spacial score (nSPS) is 14.0. The van der Waals surface area contributed by atoms with E-state index in [0.29, 0.717) is 24.8 Å². The maximum atomic E-state index is 12.8. The van der Waals surface area contributed by atoms with Crippen LogP contribution >= 0.6 is 45.9 Å². The van der Waals surface area contributed by atoms with Crippen molar-refractivity contribution in [2.75, 3.05) is 19.4 Å². The number of nitrogens with one attached hydrogen (secondary N) is 2. The van der Waals surface area contributed by atoms with E-state index in [2.05, 4.69) is 10.7 Å². The number of halogens is 2. The topological polar surface area (TPSA) is 61.4 Å². The van der Waals surface area contributed by atoms with Crippen molar-refractivity contribution in [1.29, 1.82) is 0 Å². The number of anilines is 1. The number of thiophene rings is 2. The fourth-order valence-electron chi connectivity index (χ4n) is 3.00. The Kier molecular flexibility index (Phi) is 6.25. The van der Waals surface area contributed by atoms with Gasteiger partial charge >= 0.3 is 0 Å². The third kappa shape index (κ3) is 4.23. The number of aryl methyl sites for hydroxylation is 1. The average Bonchev–Trinajstić information content (AvgIpc) is 2.97. The van der Waals surface area contributed by atoms with Gasteiger partial charge in [-0.15, -0.1) is 22.7 Å². The predicted molar refractivity (Wildman–Crippen MR) is 109 cm³/mol. The minimum Gasteiger partial charge on any atom is -0.313 e. The van der Waals surface area contributed by atoms with Crippen molar-refractivity contribution >= 4 is 62.7 Å². The molecule has 0 saturated carbocycles. The molecular formula is C17H19Cl2N3O2S2. The Hall–Kier alpha value is -1.12. The van der Waals surface area contributed by atoms with Gasteiger partial charge in [0.2, 0.25) is 0 Å². The van der Waals surface area contributed by atoms with Gasteiger partial charge in [0.05, 0.1) is 15.5 Å². The molecule has 0 aliphatic heterocycles. The van der Waals surface area contributed by atoms with Gasteiger partial charge in [-0.05, 0) is 37.3 Å². The second kappa shape index (κ2) is 8.27. The molecule has 5 nitrogen and oxygen atoms in total. The van der Waals surface area contributed by atoms with Crippen molar-refractivity contribution in [3.8, 4) is 0 Å². The van der Waals surface area contributed by atoms with E-state index in [-0.39, 0.29) is 11.8 Å². The average molecular weight is 432 g/mol. The van der Waals surface area contributed by atoms with Crippen LogP contribution in [0.5, 0.6) is 0 Å². The molecule has 2 aromatic rings. The third-order valence-corrected chi connectivity index (χ3v) is 6.80. The van der Waals surface area contributed by atoms with E-state index >= 15 is 0 Å². The van der Waals surface area contributed by atoms with Gasteiger partial charge in [-0.25, -0.2) is 5.01 Å². The van der Waals surface area contributed by atoms with E-state index < -0.39 is 0 Å². The summed E-state index contributed by atoms with van der Waals surface area (Å²) in [6.45, 7) is 0. The summed E-state index contributed by atoms with van der Waals surface area (Å²) in [5.41, 5.74) is 4.73. The molecule has 0 aromatic carbocycles. The van der Waals surface area contributed by atoms with Crippen LogP contribution in [0.1, 0.15) is 50.4 Å². The molecule has 0 spiro atoms. The first-order valence-electron chi connectivity index (χ1n) is 8.26. The van der Waals surface area contributed by atoms with Crippen LogP contribution in [-0.2, 0) is 12.8 Å². The highest BCUT2D eigenvalue weighted by Crippen LogP contribution is 2.38. The number of hydrogen-bond donors (Lipinski definition) is 2. The summed E-state index contributed by atoms with van der Waals surface area (Å²) in [5, 5.41) is 5.05. The van der Waals surface area contributed by atoms with E-state index in [4.69, 9.17) is 23.2 Å². The Morgan fingerprint density at radius 2 is 1.81 bits per heavy atom. The first kappa shape index (κ1) is 19.6. The minimum atomic E-state index is -0.353. The lowest BCUT2D eigenvalue weighted by Gasteiger charge is -2.14. The second-order valence-electron chi connectivity index (χ2n) is 6.30. The Morgan fingerprint density at radius 1 is 1.08 bits per heavy atom. The predicted octanol–water partition coefficient (Wildman–Crippen LogP) is 4.84. The van der Waals surface area contributed by atoms with E-state index in [1.165, 1.54) is 16.2 Å².